The van der Waals surface area contributed by atoms with Gasteiger partial charge >= 0.3 is 0 Å². The van der Waals surface area contributed by atoms with Gasteiger partial charge in [0.15, 0.2) is 0 Å². The molecule has 130 valence electrons. The van der Waals surface area contributed by atoms with Gasteiger partial charge in [0.25, 0.3) is 5.91 Å². The number of nitrogens with zero attached hydrogens (tertiary/aromatic N) is 1. The molecule has 1 aromatic carbocycles. The maximum atomic E-state index is 12.4. The first-order chi connectivity index (χ1) is 11.6. The maximum absolute atomic E-state index is 12.4. The molecule has 1 fully saturated rings. The van der Waals surface area contributed by atoms with Crippen LogP contribution in [0.25, 0.3) is 0 Å². The maximum Gasteiger partial charge on any atom is 0.250 e. The van der Waals surface area contributed by atoms with Crippen LogP contribution in [0.4, 0.5) is 0 Å². The third-order valence-electron chi connectivity index (χ3n) is 4.82. The molecule has 2 heterocycles. The normalized spacial score (nSPS) is 24.8. The van der Waals surface area contributed by atoms with Crippen LogP contribution in [-0.2, 0) is 16.1 Å². The lowest BCUT2D eigenvalue weighted by molar-refractivity contribution is -0.118. The van der Waals surface area contributed by atoms with Gasteiger partial charge in [0.05, 0.1) is 18.3 Å². The van der Waals surface area contributed by atoms with Crippen LogP contribution < -0.4 is 5.32 Å². The molecule has 2 atom stereocenters. The zero-order valence-electron chi connectivity index (χ0n) is 14.2. The Bertz CT molecular complexity index is 600. The Kier molecular flexibility index (Phi) is 5.53. The number of β-amino-alcohol motifs (C(OH)–C–C–N with tert-alkyl or cyclic N) is 1. The second kappa shape index (κ2) is 7.81. The lowest BCUT2D eigenvalue weighted by atomic mass is 10.1. The first kappa shape index (κ1) is 17.0. The Labute approximate surface area is 143 Å². The summed E-state index contributed by atoms with van der Waals surface area (Å²) in [5.41, 5.74) is 1.98. The molecule has 1 aromatic rings. The Balaban J connectivity index is 1.57. The molecule has 2 aliphatic rings. The van der Waals surface area contributed by atoms with Gasteiger partial charge in [-0.25, -0.2) is 0 Å². The minimum absolute atomic E-state index is 0.0340. The topological polar surface area (TPSA) is 61.8 Å². The predicted molar refractivity (Wildman–Crippen MR) is 92.2 cm³/mol. The zero-order chi connectivity index (χ0) is 16.9. The van der Waals surface area contributed by atoms with Gasteiger partial charge in [0.2, 0.25) is 0 Å². The van der Waals surface area contributed by atoms with Crippen LogP contribution in [0.1, 0.15) is 31.7 Å². The molecule has 0 aromatic heterocycles. The lowest BCUT2D eigenvalue weighted by Crippen LogP contribution is -2.40. The summed E-state index contributed by atoms with van der Waals surface area (Å²) in [5, 5.41) is 13.1. The Morgan fingerprint density at radius 1 is 1.38 bits per heavy atom. The van der Waals surface area contributed by atoms with Crippen molar-refractivity contribution in [2.75, 3.05) is 19.7 Å². The van der Waals surface area contributed by atoms with Crippen LogP contribution in [0.5, 0.6) is 0 Å². The molecule has 0 aliphatic carbocycles. The van der Waals surface area contributed by atoms with E-state index >= 15 is 0 Å². The standard InChI is InChI=1S/C19H26N2O3/c1-14-18(8-5-9-24-14)19(23)20-11-16-10-17(22)13-21(16)12-15-6-3-2-4-7-15/h2-4,6-7,16-17,22H,5,8-13H2,1H3,(H,20,23). The molecule has 2 N–H and O–H groups in total. The van der Waals surface area contributed by atoms with Gasteiger partial charge in [0.1, 0.15) is 5.76 Å². The minimum atomic E-state index is -0.324. The van der Waals surface area contributed by atoms with Crippen LogP contribution >= 0.6 is 0 Å². The van der Waals surface area contributed by atoms with Gasteiger partial charge < -0.3 is 15.2 Å². The molecular weight excluding hydrogens is 304 g/mol. The summed E-state index contributed by atoms with van der Waals surface area (Å²) in [5.74, 6) is 0.708. The van der Waals surface area contributed by atoms with E-state index in [1.165, 1.54) is 5.56 Å². The van der Waals surface area contributed by atoms with Crippen LogP contribution in [0.2, 0.25) is 0 Å². The van der Waals surface area contributed by atoms with E-state index in [0.717, 1.165) is 30.7 Å². The molecule has 5 heteroatoms. The van der Waals surface area contributed by atoms with Crippen molar-refractivity contribution in [1.29, 1.82) is 0 Å². The number of nitrogens with one attached hydrogen (secondary N) is 1. The van der Waals surface area contributed by atoms with E-state index in [-0.39, 0.29) is 18.1 Å². The van der Waals surface area contributed by atoms with Crippen molar-refractivity contribution in [2.24, 2.45) is 0 Å². The van der Waals surface area contributed by atoms with Crippen LogP contribution in [0.3, 0.4) is 0 Å². The number of benzene rings is 1. The van der Waals surface area contributed by atoms with E-state index in [2.05, 4.69) is 22.3 Å². The second-order valence-corrected chi connectivity index (χ2v) is 6.66. The number of rotatable bonds is 5. The number of carbonyl (C=O) groups excluding carboxylic acids is 1. The van der Waals surface area contributed by atoms with Crippen molar-refractivity contribution in [2.45, 2.75) is 44.9 Å². The second-order valence-electron chi connectivity index (χ2n) is 6.66. The summed E-state index contributed by atoms with van der Waals surface area (Å²) in [7, 11) is 0. The number of ether oxygens (including phenoxy) is 1. The number of hydrogen-bond acceptors (Lipinski definition) is 4. The van der Waals surface area contributed by atoms with Crippen molar-refractivity contribution in [3.8, 4) is 0 Å². The molecule has 1 saturated heterocycles. The van der Waals surface area contributed by atoms with E-state index in [0.29, 0.717) is 26.1 Å². The largest absolute Gasteiger partial charge is 0.498 e. The zero-order valence-corrected chi connectivity index (χ0v) is 14.2. The smallest absolute Gasteiger partial charge is 0.250 e. The molecule has 2 aliphatic heterocycles. The van der Waals surface area contributed by atoms with Gasteiger partial charge in [-0.05, 0) is 31.7 Å². The van der Waals surface area contributed by atoms with Crippen molar-refractivity contribution in [3.05, 3.63) is 47.2 Å². The van der Waals surface area contributed by atoms with Crippen LogP contribution in [-0.4, -0.2) is 47.8 Å². The summed E-state index contributed by atoms with van der Waals surface area (Å²) in [4.78, 5) is 14.6. The highest BCUT2D eigenvalue weighted by Crippen LogP contribution is 2.21. The van der Waals surface area contributed by atoms with Gasteiger partial charge in [-0.1, -0.05) is 30.3 Å². The van der Waals surface area contributed by atoms with Crippen molar-refractivity contribution in [1.82, 2.24) is 10.2 Å². The van der Waals surface area contributed by atoms with Gasteiger partial charge in [0, 0.05) is 25.7 Å². The number of aliphatic hydroxyl groups excluding tert-OH is 1. The first-order valence-electron chi connectivity index (χ1n) is 8.70. The lowest BCUT2D eigenvalue weighted by Gasteiger charge is -2.25. The molecular formula is C19H26N2O3. The van der Waals surface area contributed by atoms with Crippen molar-refractivity contribution < 1.29 is 14.6 Å². The number of likely N-dealkylation sites (tertiary alicyclic amines) is 1. The fraction of sp³-hybridized carbons (Fsp3) is 0.526. The molecule has 0 spiro atoms. The molecule has 0 saturated carbocycles. The third kappa shape index (κ3) is 4.16. The Hall–Kier alpha value is -1.85. The van der Waals surface area contributed by atoms with E-state index in [1.807, 2.05) is 25.1 Å². The van der Waals surface area contributed by atoms with Crippen LogP contribution in [0.15, 0.2) is 41.7 Å². The summed E-state index contributed by atoms with van der Waals surface area (Å²) < 4.78 is 5.47. The van der Waals surface area contributed by atoms with E-state index in [9.17, 15) is 9.90 Å². The molecule has 0 bridgehead atoms. The van der Waals surface area contributed by atoms with Gasteiger partial charge in [-0.2, -0.15) is 0 Å². The Morgan fingerprint density at radius 3 is 2.92 bits per heavy atom. The quantitative estimate of drug-likeness (QED) is 0.864. The highest BCUT2D eigenvalue weighted by Gasteiger charge is 2.31. The highest BCUT2D eigenvalue weighted by atomic mass is 16.5. The number of amides is 1. The SMILES string of the molecule is CC1=C(C(=O)NCC2CC(O)CN2Cc2ccccc2)CCCO1. The monoisotopic (exact) mass is 330 g/mol. The summed E-state index contributed by atoms with van der Waals surface area (Å²) in [6.07, 6.45) is 2.04. The van der Waals surface area contributed by atoms with Crippen molar-refractivity contribution in [3.63, 3.8) is 0 Å². The minimum Gasteiger partial charge on any atom is -0.498 e. The highest BCUT2D eigenvalue weighted by molar-refractivity contribution is 5.93. The van der Waals surface area contributed by atoms with Gasteiger partial charge in [-0.15, -0.1) is 0 Å². The van der Waals surface area contributed by atoms with E-state index < -0.39 is 0 Å². The van der Waals surface area contributed by atoms with E-state index in [4.69, 9.17) is 4.74 Å². The molecule has 0 radical (unpaired) electrons. The first-order valence-corrected chi connectivity index (χ1v) is 8.70. The summed E-state index contributed by atoms with van der Waals surface area (Å²) in [6, 6.07) is 10.4. The molecule has 1 amide bonds. The molecule has 5 nitrogen and oxygen atoms in total. The average Bonchev–Trinajstić information content (AvgIpc) is 2.93. The Morgan fingerprint density at radius 2 is 2.17 bits per heavy atom. The van der Waals surface area contributed by atoms with Crippen LogP contribution in [0, 0.1) is 0 Å². The van der Waals surface area contributed by atoms with Crippen molar-refractivity contribution >= 4 is 5.91 Å². The molecule has 24 heavy (non-hydrogen) atoms. The van der Waals surface area contributed by atoms with Gasteiger partial charge in [-0.3, -0.25) is 9.69 Å². The number of hydrogen-bond donors (Lipinski definition) is 2. The fourth-order valence-electron chi connectivity index (χ4n) is 3.51. The molecule has 3 rings (SSSR count). The number of carbonyl (C=O) groups is 1. The molecule has 2 unspecified atom stereocenters. The summed E-state index contributed by atoms with van der Waals surface area (Å²) in [6.45, 7) is 4.56. The van der Waals surface area contributed by atoms with E-state index in [1.54, 1.807) is 0 Å². The third-order valence-corrected chi connectivity index (χ3v) is 4.82. The number of allylic oxidation sites excluding steroid dienone is 1. The number of aliphatic hydroxyl groups is 1. The summed E-state index contributed by atoms with van der Waals surface area (Å²) >= 11 is 0. The fourth-order valence-corrected chi connectivity index (χ4v) is 3.51. The average molecular weight is 330 g/mol. The predicted octanol–water partition coefficient (Wildman–Crippen LogP) is 1.82.